The molecule has 1 heterocycles. The molecule has 7 nitrogen and oxygen atoms in total. The number of hydrogen-bond acceptors (Lipinski definition) is 5. The van der Waals surface area contributed by atoms with Gasteiger partial charge >= 0.3 is 0 Å². The van der Waals surface area contributed by atoms with Crippen molar-refractivity contribution in [2.24, 2.45) is 4.99 Å². The molecule has 0 saturated carbocycles. The van der Waals surface area contributed by atoms with Crippen LogP contribution in [-0.4, -0.2) is 39.0 Å². The Morgan fingerprint density at radius 1 is 1.25 bits per heavy atom. The smallest absolute Gasteiger partial charge is 0.240 e. The van der Waals surface area contributed by atoms with Crippen LogP contribution in [0.4, 0.5) is 0 Å². The lowest BCUT2D eigenvalue weighted by Gasteiger charge is -2.12. The van der Waals surface area contributed by atoms with E-state index in [1.54, 1.807) is 23.5 Å². The van der Waals surface area contributed by atoms with Crippen molar-refractivity contribution < 1.29 is 8.42 Å². The first-order valence-corrected chi connectivity index (χ1v) is 11.2. The van der Waals surface area contributed by atoms with Crippen LogP contribution in [0.15, 0.2) is 34.2 Å². The molecule has 0 aliphatic heterocycles. The number of aryl methyl sites for hydroxylation is 2. The minimum atomic E-state index is -3.59. The van der Waals surface area contributed by atoms with E-state index >= 15 is 0 Å². The van der Waals surface area contributed by atoms with E-state index in [2.05, 4.69) is 25.3 Å². The highest BCUT2D eigenvalue weighted by atomic mass is 127. The monoisotopic (exact) mass is 557 g/mol. The second kappa shape index (κ2) is 11.9. The topological polar surface area (TPSA) is 95.5 Å². The summed E-state index contributed by atoms with van der Waals surface area (Å²) in [5.41, 5.74) is 1.03. The molecule has 0 aliphatic carbocycles. The van der Waals surface area contributed by atoms with Gasteiger partial charge in [0.25, 0.3) is 0 Å². The number of guanidine groups is 1. The molecule has 0 spiro atoms. The van der Waals surface area contributed by atoms with Crippen molar-refractivity contribution >= 4 is 62.9 Å². The number of rotatable bonds is 8. The van der Waals surface area contributed by atoms with Crippen LogP contribution in [0.25, 0.3) is 0 Å². The third kappa shape index (κ3) is 7.82. The number of nitrogens with one attached hydrogen (secondary N) is 3. The molecule has 0 saturated heterocycles. The predicted octanol–water partition coefficient (Wildman–Crippen LogP) is 3.06. The van der Waals surface area contributed by atoms with Crippen LogP contribution in [0, 0.1) is 13.8 Å². The third-order valence-corrected chi connectivity index (χ3v) is 6.36. The molecule has 0 aliphatic rings. The van der Waals surface area contributed by atoms with Gasteiger partial charge in [0.1, 0.15) is 5.01 Å². The zero-order valence-corrected chi connectivity index (χ0v) is 20.7. The average Bonchev–Trinajstić information content (AvgIpc) is 2.94. The van der Waals surface area contributed by atoms with Gasteiger partial charge in [0.05, 0.1) is 17.1 Å². The first-order chi connectivity index (χ1) is 12.8. The second-order valence-electron chi connectivity index (χ2n) is 5.73. The summed E-state index contributed by atoms with van der Waals surface area (Å²) in [7, 11) is -3.59. The van der Waals surface area contributed by atoms with Crippen molar-refractivity contribution in [2.75, 3.05) is 19.6 Å². The van der Waals surface area contributed by atoms with Crippen LogP contribution in [-0.2, 0) is 16.6 Å². The second-order valence-corrected chi connectivity index (χ2v) is 9.22. The van der Waals surface area contributed by atoms with Crippen molar-refractivity contribution in [1.82, 2.24) is 20.3 Å². The molecule has 2 aromatic rings. The summed E-state index contributed by atoms with van der Waals surface area (Å²) in [4.78, 5) is 10.3. The van der Waals surface area contributed by atoms with Crippen LogP contribution in [0.1, 0.15) is 22.5 Å². The van der Waals surface area contributed by atoms with Crippen LogP contribution >= 0.6 is 46.9 Å². The number of nitrogens with zero attached hydrogens (tertiary/aromatic N) is 2. The Bertz CT molecular complexity index is 883. The number of aliphatic imine (C=N–C) groups is 1. The largest absolute Gasteiger partial charge is 0.357 e. The van der Waals surface area contributed by atoms with Crippen LogP contribution in [0.3, 0.4) is 0 Å². The summed E-state index contributed by atoms with van der Waals surface area (Å²) in [6, 6.07) is 6.16. The van der Waals surface area contributed by atoms with Gasteiger partial charge in [-0.25, -0.2) is 23.1 Å². The first kappa shape index (κ1) is 25.1. The quantitative estimate of drug-likeness (QED) is 0.201. The fraction of sp³-hybridized carbons (Fsp3) is 0.412. The Morgan fingerprint density at radius 2 is 2.00 bits per heavy atom. The first-order valence-electron chi connectivity index (χ1n) is 8.52. The maximum atomic E-state index is 12.2. The number of aromatic nitrogens is 1. The summed E-state index contributed by atoms with van der Waals surface area (Å²) in [6.07, 6.45) is 0. The molecule has 0 fully saturated rings. The Kier molecular flexibility index (Phi) is 10.7. The fourth-order valence-electron chi connectivity index (χ4n) is 2.18. The van der Waals surface area contributed by atoms with Gasteiger partial charge in [0.2, 0.25) is 10.0 Å². The van der Waals surface area contributed by atoms with Crippen molar-refractivity contribution in [2.45, 2.75) is 32.2 Å². The van der Waals surface area contributed by atoms with Crippen molar-refractivity contribution in [1.29, 1.82) is 0 Å². The van der Waals surface area contributed by atoms with Crippen molar-refractivity contribution in [3.05, 3.63) is 44.9 Å². The third-order valence-electron chi connectivity index (χ3n) is 3.61. The van der Waals surface area contributed by atoms with Gasteiger partial charge < -0.3 is 10.6 Å². The average molecular weight is 558 g/mol. The lowest BCUT2D eigenvalue weighted by molar-refractivity contribution is 0.580. The Labute approximate surface area is 192 Å². The molecule has 0 bridgehead atoms. The number of benzene rings is 1. The molecule has 156 valence electrons. The minimum absolute atomic E-state index is 0. The van der Waals surface area contributed by atoms with Gasteiger partial charge in [-0.05, 0) is 39.0 Å². The fourth-order valence-corrected chi connectivity index (χ4v) is 4.37. The van der Waals surface area contributed by atoms with E-state index in [-0.39, 0.29) is 35.4 Å². The predicted molar refractivity (Wildman–Crippen MR) is 126 cm³/mol. The molecular formula is C17H25ClIN5O2S2. The van der Waals surface area contributed by atoms with Gasteiger partial charge in [0, 0.05) is 29.5 Å². The van der Waals surface area contributed by atoms with Gasteiger partial charge in [-0.1, -0.05) is 17.7 Å². The van der Waals surface area contributed by atoms with E-state index < -0.39 is 10.0 Å². The molecule has 1 aromatic carbocycles. The van der Waals surface area contributed by atoms with E-state index in [9.17, 15) is 8.42 Å². The summed E-state index contributed by atoms with van der Waals surface area (Å²) in [6.45, 7) is 7.77. The lowest BCUT2D eigenvalue weighted by atomic mass is 10.4. The zero-order chi connectivity index (χ0) is 19.9. The van der Waals surface area contributed by atoms with Crippen LogP contribution in [0.2, 0.25) is 5.02 Å². The summed E-state index contributed by atoms with van der Waals surface area (Å²) in [5, 5.41) is 7.57. The molecule has 28 heavy (non-hydrogen) atoms. The number of hydrogen-bond donors (Lipinski definition) is 3. The van der Waals surface area contributed by atoms with E-state index in [1.807, 2.05) is 20.8 Å². The standard InChI is InChI=1S/C17H24ClN5O2S2.HI/c1-4-19-17(21-11-16-23-12(2)13(3)26-16)20-8-9-22-27(24,25)15-7-5-6-14(18)10-15;/h5-7,10,22H,4,8-9,11H2,1-3H3,(H2,19,20,21);1H. The minimum Gasteiger partial charge on any atom is -0.357 e. The van der Waals surface area contributed by atoms with Gasteiger partial charge in [-0.2, -0.15) is 0 Å². The number of halogens is 2. The van der Waals surface area contributed by atoms with Crippen LogP contribution in [0.5, 0.6) is 0 Å². The number of sulfonamides is 1. The van der Waals surface area contributed by atoms with Crippen molar-refractivity contribution in [3.63, 3.8) is 0 Å². The van der Waals surface area contributed by atoms with E-state index in [0.29, 0.717) is 30.6 Å². The highest BCUT2D eigenvalue weighted by molar-refractivity contribution is 14.0. The molecule has 0 unspecified atom stereocenters. The van der Waals surface area contributed by atoms with Crippen molar-refractivity contribution in [3.8, 4) is 0 Å². The normalized spacial score (nSPS) is 11.8. The van der Waals surface area contributed by atoms with Crippen LogP contribution < -0.4 is 15.4 Å². The SMILES string of the molecule is CCNC(=NCc1nc(C)c(C)s1)NCCNS(=O)(=O)c1cccc(Cl)c1.I. The van der Waals surface area contributed by atoms with Gasteiger partial charge in [0.15, 0.2) is 5.96 Å². The van der Waals surface area contributed by atoms with Gasteiger partial charge in [-0.15, -0.1) is 35.3 Å². The van der Waals surface area contributed by atoms with E-state index in [4.69, 9.17) is 11.6 Å². The molecule has 3 N–H and O–H groups in total. The Hall–Kier alpha value is -0.950. The van der Waals surface area contributed by atoms with Gasteiger partial charge in [-0.3, -0.25) is 0 Å². The zero-order valence-electron chi connectivity index (χ0n) is 16.0. The highest BCUT2D eigenvalue weighted by Gasteiger charge is 2.13. The summed E-state index contributed by atoms with van der Waals surface area (Å²) < 4.78 is 27.0. The molecule has 0 atom stereocenters. The van der Waals surface area contributed by atoms with E-state index in [1.165, 1.54) is 17.0 Å². The summed E-state index contributed by atoms with van der Waals surface area (Å²) >= 11 is 7.48. The summed E-state index contributed by atoms with van der Waals surface area (Å²) in [5.74, 6) is 0.616. The molecular weight excluding hydrogens is 533 g/mol. The molecule has 11 heteroatoms. The van der Waals surface area contributed by atoms with E-state index in [0.717, 1.165) is 10.7 Å². The molecule has 0 amide bonds. The molecule has 0 radical (unpaired) electrons. The molecule has 1 aromatic heterocycles. The number of thiazole rings is 1. The lowest BCUT2D eigenvalue weighted by Crippen LogP contribution is -2.41. The molecule has 2 rings (SSSR count). The maximum Gasteiger partial charge on any atom is 0.240 e. The highest BCUT2D eigenvalue weighted by Crippen LogP contribution is 2.17. The Balaban J connectivity index is 0.00000392. The maximum absolute atomic E-state index is 12.2. The Morgan fingerprint density at radius 3 is 2.61 bits per heavy atom.